The quantitative estimate of drug-likeness (QED) is 0.742. The van der Waals surface area contributed by atoms with E-state index in [2.05, 4.69) is 4.98 Å². The molecule has 0 radical (unpaired) electrons. The molecule has 82 valence electrons. The van der Waals surface area contributed by atoms with Crippen molar-refractivity contribution in [2.24, 2.45) is 11.8 Å². The van der Waals surface area contributed by atoms with Gasteiger partial charge in [0, 0.05) is 17.7 Å². The predicted molar refractivity (Wildman–Crippen MR) is 62.0 cm³/mol. The molecule has 2 aromatic rings. The smallest absolute Gasteiger partial charge is 0.199 e. The lowest BCUT2D eigenvalue weighted by atomic mass is 10.1. The summed E-state index contributed by atoms with van der Waals surface area (Å²) >= 11 is 0. The molecule has 0 amide bonds. The third-order valence-electron chi connectivity index (χ3n) is 4.12. The van der Waals surface area contributed by atoms with E-state index in [0.717, 1.165) is 34.5 Å². The summed E-state index contributed by atoms with van der Waals surface area (Å²) in [5.74, 6) is 3.24. The molecule has 2 fully saturated rings. The number of hydrogen-bond donors (Lipinski definition) is 1. The Balaban J connectivity index is 1.76. The van der Waals surface area contributed by atoms with Crippen LogP contribution in [0.1, 0.15) is 31.1 Å². The van der Waals surface area contributed by atoms with Crippen LogP contribution in [0, 0.1) is 11.8 Å². The minimum absolute atomic E-state index is 0.599. The summed E-state index contributed by atoms with van der Waals surface area (Å²) in [4.78, 5) is 4.58. The average Bonchev–Trinajstić information content (AvgIpc) is 2.68. The maximum absolute atomic E-state index is 5.82. The van der Waals surface area contributed by atoms with E-state index in [1.54, 1.807) is 0 Å². The number of anilines is 1. The zero-order valence-electron chi connectivity index (χ0n) is 9.02. The van der Waals surface area contributed by atoms with Gasteiger partial charge in [-0.3, -0.25) is 0 Å². The van der Waals surface area contributed by atoms with Crippen molar-refractivity contribution in [3.63, 3.8) is 0 Å². The maximum Gasteiger partial charge on any atom is 0.199 e. The molecule has 3 nitrogen and oxygen atoms in total. The summed E-state index contributed by atoms with van der Waals surface area (Å²) in [6.07, 6.45) is 4.10. The first kappa shape index (κ1) is 8.62. The first-order chi connectivity index (χ1) is 7.83. The molecule has 2 N–H and O–H groups in total. The third kappa shape index (κ3) is 1.06. The second-order valence-electron chi connectivity index (χ2n) is 5.06. The van der Waals surface area contributed by atoms with E-state index in [-0.39, 0.29) is 0 Å². The van der Waals surface area contributed by atoms with Gasteiger partial charge in [0.15, 0.2) is 11.5 Å². The van der Waals surface area contributed by atoms with Crippen LogP contribution < -0.4 is 5.73 Å². The predicted octanol–water partition coefficient (Wildman–Crippen LogP) is 2.92. The number of hydrogen-bond acceptors (Lipinski definition) is 3. The monoisotopic (exact) mass is 214 g/mol. The Kier molecular flexibility index (Phi) is 1.50. The highest BCUT2D eigenvalue weighted by atomic mass is 16.3. The number of nitrogens with zero attached hydrogens (tertiary/aromatic N) is 1. The standard InChI is InChI=1S/C13H14N2O/c14-7-4-5-10-11(6-7)16-13(15-10)12-8-2-1-3-9(8)12/h4-6,8-9,12H,1-3,14H2. The van der Waals surface area contributed by atoms with Crippen molar-refractivity contribution in [1.29, 1.82) is 0 Å². The highest BCUT2D eigenvalue weighted by molar-refractivity contribution is 5.76. The third-order valence-corrected chi connectivity index (χ3v) is 4.12. The van der Waals surface area contributed by atoms with E-state index in [1.165, 1.54) is 19.3 Å². The molecule has 1 aromatic heterocycles. The second kappa shape index (κ2) is 2.78. The molecule has 2 saturated carbocycles. The zero-order chi connectivity index (χ0) is 10.7. The van der Waals surface area contributed by atoms with Crippen molar-refractivity contribution >= 4 is 16.8 Å². The first-order valence-corrected chi connectivity index (χ1v) is 5.99. The van der Waals surface area contributed by atoms with Crippen LogP contribution in [0.25, 0.3) is 11.1 Å². The fourth-order valence-corrected chi connectivity index (χ4v) is 3.29. The van der Waals surface area contributed by atoms with Crippen LogP contribution in [0.4, 0.5) is 5.69 Å². The normalized spacial score (nSPS) is 31.9. The first-order valence-electron chi connectivity index (χ1n) is 5.99. The van der Waals surface area contributed by atoms with E-state index in [1.807, 2.05) is 18.2 Å². The van der Waals surface area contributed by atoms with Crippen molar-refractivity contribution in [3.8, 4) is 0 Å². The molecule has 0 aliphatic heterocycles. The van der Waals surface area contributed by atoms with Crippen LogP contribution in [-0.2, 0) is 0 Å². The summed E-state index contributed by atoms with van der Waals surface area (Å²) in [6, 6.07) is 5.68. The highest BCUT2D eigenvalue weighted by Gasteiger charge is 2.55. The Bertz CT molecular complexity index is 550. The van der Waals surface area contributed by atoms with E-state index in [4.69, 9.17) is 10.2 Å². The fraction of sp³-hybridized carbons (Fsp3) is 0.462. The van der Waals surface area contributed by atoms with Crippen LogP contribution in [0.2, 0.25) is 0 Å². The molecule has 0 bridgehead atoms. The van der Waals surface area contributed by atoms with Crippen molar-refractivity contribution in [2.45, 2.75) is 25.2 Å². The lowest BCUT2D eigenvalue weighted by Crippen LogP contribution is -1.86. The van der Waals surface area contributed by atoms with Gasteiger partial charge in [-0.05, 0) is 36.8 Å². The second-order valence-corrected chi connectivity index (χ2v) is 5.06. The molecule has 0 saturated heterocycles. The Hall–Kier alpha value is -1.51. The van der Waals surface area contributed by atoms with Gasteiger partial charge in [-0.2, -0.15) is 0 Å². The number of benzene rings is 1. The number of oxazole rings is 1. The summed E-state index contributed by atoms with van der Waals surface area (Å²) in [5.41, 5.74) is 8.24. The maximum atomic E-state index is 5.82. The SMILES string of the molecule is Nc1ccc2nc(C3C4CCCC43)oc2c1. The number of nitrogen functional groups attached to an aromatic ring is 1. The van der Waals surface area contributed by atoms with Crippen LogP contribution >= 0.6 is 0 Å². The lowest BCUT2D eigenvalue weighted by molar-refractivity contribution is 0.498. The van der Waals surface area contributed by atoms with Gasteiger partial charge in [-0.1, -0.05) is 6.42 Å². The number of aromatic nitrogens is 1. The van der Waals surface area contributed by atoms with Gasteiger partial charge in [0.2, 0.25) is 0 Å². The topological polar surface area (TPSA) is 52.0 Å². The van der Waals surface area contributed by atoms with E-state index in [9.17, 15) is 0 Å². The van der Waals surface area contributed by atoms with E-state index < -0.39 is 0 Å². The van der Waals surface area contributed by atoms with Gasteiger partial charge in [0.1, 0.15) is 5.52 Å². The van der Waals surface area contributed by atoms with Gasteiger partial charge in [-0.15, -0.1) is 0 Å². The van der Waals surface area contributed by atoms with Crippen LogP contribution in [0.5, 0.6) is 0 Å². The lowest BCUT2D eigenvalue weighted by Gasteiger charge is -1.95. The molecule has 3 heteroatoms. The van der Waals surface area contributed by atoms with Gasteiger partial charge < -0.3 is 10.2 Å². The molecule has 16 heavy (non-hydrogen) atoms. The van der Waals surface area contributed by atoms with Crippen LogP contribution in [-0.4, -0.2) is 4.98 Å². The Morgan fingerprint density at radius 1 is 1.25 bits per heavy atom. The zero-order valence-corrected chi connectivity index (χ0v) is 9.02. The van der Waals surface area contributed by atoms with Crippen molar-refractivity contribution < 1.29 is 4.42 Å². The molecule has 1 aromatic carbocycles. The van der Waals surface area contributed by atoms with Crippen molar-refractivity contribution in [3.05, 3.63) is 24.1 Å². The Morgan fingerprint density at radius 2 is 2.06 bits per heavy atom. The summed E-state index contributed by atoms with van der Waals surface area (Å²) in [7, 11) is 0. The van der Waals surface area contributed by atoms with Crippen LogP contribution in [0.3, 0.4) is 0 Å². The fourth-order valence-electron chi connectivity index (χ4n) is 3.29. The Labute approximate surface area is 93.6 Å². The molecule has 2 aliphatic carbocycles. The molecule has 2 unspecified atom stereocenters. The number of rotatable bonds is 1. The van der Waals surface area contributed by atoms with Crippen LogP contribution in [0.15, 0.2) is 22.6 Å². The molecular weight excluding hydrogens is 200 g/mol. The molecular formula is C13H14N2O. The average molecular weight is 214 g/mol. The van der Waals surface area contributed by atoms with Gasteiger partial charge in [-0.25, -0.2) is 4.98 Å². The van der Waals surface area contributed by atoms with Crippen molar-refractivity contribution in [2.75, 3.05) is 5.73 Å². The summed E-state index contributed by atoms with van der Waals surface area (Å²) < 4.78 is 5.82. The van der Waals surface area contributed by atoms with E-state index in [0.29, 0.717) is 5.92 Å². The Morgan fingerprint density at radius 3 is 2.88 bits per heavy atom. The summed E-state index contributed by atoms with van der Waals surface area (Å²) in [5, 5.41) is 0. The van der Waals surface area contributed by atoms with Gasteiger partial charge >= 0.3 is 0 Å². The largest absolute Gasteiger partial charge is 0.440 e. The minimum Gasteiger partial charge on any atom is -0.440 e. The summed E-state index contributed by atoms with van der Waals surface area (Å²) in [6.45, 7) is 0. The molecule has 0 spiro atoms. The van der Waals surface area contributed by atoms with Crippen molar-refractivity contribution in [1.82, 2.24) is 4.98 Å². The van der Waals surface area contributed by atoms with Gasteiger partial charge in [0.05, 0.1) is 0 Å². The molecule has 1 heterocycles. The molecule has 2 atom stereocenters. The number of nitrogens with two attached hydrogens (primary N) is 1. The molecule has 2 aliphatic rings. The highest BCUT2D eigenvalue weighted by Crippen LogP contribution is 2.62. The molecule has 4 rings (SSSR count). The van der Waals surface area contributed by atoms with Gasteiger partial charge in [0.25, 0.3) is 0 Å². The minimum atomic E-state index is 0.599. The number of fused-ring (bicyclic) bond motifs is 2. The van der Waals surface area contributed by atoms with E-state index >= 15 is 0 Å².